The van der Waals surface area contributed by atoms with Crippen LogP contribution in [0, 0.1) is 18.7 Å². The van der Waals surface area contributed by atoms with Gasteiger partial charge in [0, 0.05) is 0 Å². The van der Waals surface area contributed by atoms with Crippen LogP contribution in [0.5, 0.6) is 0 Å². The van der Waals surface area contributed by atoms with Crippen molar-refractivity contribution in [3.63, 3.8) is 0 Å². The van der Waals surface area contributed by atoms with Crippen molar-refractivity contribution in [1.29, 1.82) is 0 Å². The van der Waals surface area contributed by atoms with Gasteiger partial charge in [0.25, 0.3) is 5.91 Å². The Kier molecular flexibility index (Phi) is 4.87. The predicted molar refractivity (Wildman–Crippen MR) is 118 cm³/mol. The van der Waals surface area contributed by atoms with E-state index in [9.17, 15) is 14.0 Å². The molecule has 0 radical (unpaired) electrons. The number of para-hydroxylation sites is 1. The molecule has 7 heteroatoms. The summed E-state index contributed by atoms with van der Waals surface area (Å²) in [4.78, 5) is 34.0. The van der Waals surface area contributed by atoms with Gasteiger partial charge in [-0.05, 0) is 64.8 Å². The van der Waals surface area contributed by atoms with Crippen LogP contribution >= 0.6 is 15.9 Å². The van der Waals surface area contributed by atoms with Crippen molar-refractivity contribution in [3.8, 4) is 0 Å². The Balaban J connectivity index is 1.60. The summed E-state index contributed by atoms with van der Waals surface area (Å²) in [5.74, 6) is -1.89. The van der Waals surface area contributed by atoms with Crippen molar-refractivity contribution in [2.24, 2.45) is 5.92 Å². The number of carbonyl (C=O) groups excluding carboxylic acids is 2. The normalized spacial score (nSPS) is 22.9. The molecule has 2 heterocycles. The van der Waals surface area contributed by atoms with E-state index in [-0.39, 0.29) is 10.4 Å². The zero-order valence-electron chi connectivity index (χ0n) is 16.5. The molecule has 2 fully saturated rings. The number of imide groups is 1. The van der Waals surface area contributed by atoms with E-state index >= 15 is 0 Å². The first-order chi connectivity index (χ1) is 15.0. The molecule has 2 saturated heterocycles. The molecule has 2 aliphatic rings. The van der Waals surface area contributed by atoms with Crippen LogP contribution < -0.4 is 9.96 Å². The molecule has 0 bridgehead atoms. The number of rotatable bonds is 3. The largest absolute Gasteiger partial charge is 0.273 e. The van der Waals surface area contributed by atoms with E-state index in [4.69, 9.17) is 4.84 Å². The summed E-state index contributed by atoms with van der Waals surface area (Å²) in [5.41, 5.74) is 2.94. The van der Waals surface area contributed by atoms with E-state index in [1.165, 1.54) is 11.0 Å². The Morgan fingerprint density at radius 2 is 1.61 bits per heavy atom. The topological polar surface area (TPSA) is 49.9 Å². The number of anilines is 2. The summed E-state index contributed by atoms with van der Waals surface area (Å²) in [7, 11) is 0. The van der Waals surface area contributed by atoms with E-state index in [2.05, 4.69) is 15.9 Å². The fourth-order valence-corrected chi connectivity index (χ4v) is 4.59. The summed E-state index contributed by atoms with van der Waals surface area (Å²) in [5, 5.41) is 1.59. The fraction of sp³-hybridized carbons (Fsp3) is 0.167. The Morgan fingerprint density at radius 3 is 2.29 bits per heavy atom. The van der Waals surface area contributed by atoms with Crippen LogP contribution in [0.3, 0.4) is 0 Å². The van der Waals surface area contributed by atoms with Gasteiger partial charge >= 0.3 is 0 Å². The first-order valence-corrected chi connectivity index (χ1v) is 10.7. The van der Waals surface area contributed by atoms with Crippen molar-refractivity contribution in [1.82, 2.24) is 0 Å². The van der Waals surface area contributed by atoms with Crippen LogP contribution in [-0.2, 0) is 14.4 Å². The maximum absolute atomic E-state index is 13.9. The number of amides is 2. The number of fused-ring (bicyclic) bond motifs is 1. The zero-order valence-corrected chi connectivity index (χ0v) is 18.1. The third-order valence-corrected chi connectivity index (χ3v) is 6.31. The highest BCUT2D eigenvalue weighted by Crippen LogP contribution is 2.48. The Hall–Kier alpha value is -3.03. The number of hydrogen-bond donors (Lipinski definition) is 0. The average Bonchev–Trinajstić information content (AvgIpc) is 3.28. The lowest BCUT2D eigenvalue weighted by Gasteiger charge is -2.29. The van der Waals surface area contributed by atoms with E-state index in [0.717, 1.165) is 5.56 Å². The summed E-state index contributed by atoms with van der Waals surface area (Å²) in [6.07, 6.45) is -0.956. The SMILES string of the molecule is Cc1ccc(N2C(=O)[C@H]3[C@H](ON(c4ccccc4)[C@@H]3c3ccc(F)c(Br)c3)C2=O)cc1. The van der Waals surface area contributed by atoms with Crippen molar-refractivity contribution in [2.75, 3.05) is 9.96 Å². The molecule has 3 aromatic carbocycles. The molecule has 3 aromatic rings. The minimum Gasteiger partial charge on any atom is -0.273 e. The Morgan fingerprint density at radius 1 is 0.903 bits per heavy atom. The molecule has 156 valence electrons. The second-order valence-corrected chi connectivity index (χ2v) is 8.53. The molecule has 2 aliphatic heterocycles. The molecule has 0 aliphatic carbocycles. The lowest BCUT2D eigenvalue weighted by atomic mass is 9.90. The second-order valence-electron chi connectivity index (χ2n) is 7.68. The second kappa shape index (κ2) is 7.59. The van der Waals surface area contributed by atoms with E-state index in [1.807, 2.05) is 49.4 Å². The molecule has 0 spiro atoms. The maximum atomic E-state index is 13.9. The van der Waals surface area contributed by atoms with Crippen LogP contribution in [-0.4, -0.2) is 17.9 Å². The summed E-state index contributed by atoms with van der Waals surface area (Å²) < 4.78 is 14.2. The van der Waals surface area contributed by atoms with Gasteiger partial charge in [0.05, 0.1) is 21.9 Å². The van der Waals surface area contributed by atoms with Crippen LogP contribution in [0.4, 0.5) is 15.8 Å². The average molecular weight is 481 g/mol. The van der Waals surface area contributed by atoms with Gasteiger partial charge in [-0.25, -0.2) is 14.4 Å². The van der Waals surface area contributed by atoms with Gasteiger partial charge in [0.2, 0.25) is 5.91 Å². The number of hydrogen-bond acceptors (Lipinski definition) is 4. The van der Waals surface area contributed by atoms with Crippen LogP contribution in [0.2, 0.25) is 0 Å². The van der Waals surface area contributed by atoms with Crippen LogP contribution in [0.1, 0.15) is 17.2 Å². The first-order valence-electron chi connectivity index (χ1n) is 9.86. The highest BCUT2D eigenvalue weighted by atomic mass is 79.9. The quantitative estimate of drug-likeness (QED) is 0.497. The third kappa shape index (κ3) is 3.25. The number of benzene rings is 3. The van der Waals surface area contributed by atoms with E-state index < -0.39 is 29.8 Å². The molecule has 5 nitrogen and oxygen atoms in total. The summed E-state index contributed by atoms with van der Waals surface area (Å²) in [6, 6.07) is 20.5. The molecular weight excluding hydrogens is 463 g/mol. The minimum absolute atomic E-state index is 0.286. The monoisotopic (exact) mass is 480 g/mol. The molecular formula is C24H18BrFN2O3. The predicted octanol–water partition coefficient (Wildman–Crippen LogP) is 4.95. The van der Waals surface area contributed by atoms with Crippen molar-refractivity contribution in [2.45, 2.75) is 19.1 Å². The van der Waals surface area contributed by atoms with Crippen LogP contribution in [0.25, 0.3) is 0 Å². The standard InChI is InChI=1S/C24H18BrFN2O3/c1-14-7-10-16(11-8-14)27-23(29)20-21(15-9-12-19(26)18(25)13-15)28(31-22(20)24(27)30)17-5-3-2-4-6-17/h2-13,20-22H,1H3/t20-,21-,22+/m1/s1. The van der Waals surface area contributed by atoms with Crippen LogP contribution in [0.15, 0.2) is 77.3 Å². The van der Waals surface area contributed by atoms with Crippen molar-refractivity contribution < 1.29 is 18.8 Å². The van der Waals surface area contributed by atoms with Gasteiger partial charge in [0.15, 0.2) is 6.10 Å². The molecule has 0 saturated carbocycles. The zero-order chi connectivity index (χ0) is 21.7. The molecule has 0 N–H and O–H groups in total. The number of nitrogens with zero attached hydrogens (tertiary/aromatic N) is 2. The molecule has 2 amide bonds. The highest BCUT2D eigenvalue weighted by molar-refractivity contribution is 9.10. The number of halogens is 2. The minimum atomic E-state index is -0.956. The van der Waals surface area contributed by atoms with Gasteiger partial charge < -0.3 is 0 Å². The first kappa shape index (κ1) is 19.9. The van der Waals surface area contributed by atoms with Gasteiger partial charge in [-0.15, -0.1) is 0 Å². The Labute approximate surface area is 187 Å². The van der Waals surface area contributed by atoms with Crippen molar-refractivity contribution >= 4 is 39.1 Å². The highest BCUT2D eigenvalue weighted by Gasteiger charge is 2.60. The van der Waals surface area contributed by atoms with E-state index in [0.29, 0.717) is 16.9 Å². The molecule has 3 atom stereocenters. The number of hydroxylamine groups is 1. The summed E-state index contributed by atoms with van der Waals surface area (Å²) >= 11 is 3.23. The fourth-order valence-electron chi connectivity index (χ4n) is 4.20. The van der Waals surface area contributed by atoms with Crippen molar-refractivity contribution in [3.05, 3.63) is 94.2 Å². The smallest absolute Gasteiger partial charge is 0.266 e. The van der Waals surface area contributed by atoms with Gasteiger partial charge in [-0.2, -0.15) is 0 Å². The molecule has 0 unspecified atom stereocenters. The van der Waals surface area contributed by atoms with Gasteiger partial charge in [-0.3, -0.25) is 14.4 Å². The molecule has 5 rings (SSSR count). The lowest BCUT2D eigenvalue weighted by Crippen LogP contribution is -2.37. The van der Waals surface area contributed by atoms with E-state index in [1.54, 1.807) is 29.3 Å². The summed E-state index contributed by atoms with van der Waals surface area (Å²) in [6.45, 7) is 1.94. The number of carbonyl (C=O) groups is 2. The number of aryl methyl sites for hydroxylation is 1. The molecule has 31 heavy (non-hydrogen) atoms. The lowest BCUT2D eigenvalue weighted by molar-refractivity contribution is -0.126. The third-order valence-electron chi connectivity index (χ3n) is 5.70. The van der Waals surface area contributed by atoms with Gasteiger partial charge in [-0.1, -0.05) is 42.0 Å². The molecule has 0 aromatic heterocycles. The van der Waals surface area contributed by atoms with Gasteiger partial charge in [0.1, 0.15) is 11.7 Å². The Bertz CT molecular complexity index is 1170. The maximum Gasteiger partial charge on any atom is 0.266 e.